The predicted octanol–water partition coefficient (Wildman–Crippen LogP) is 0.861. The quantitative estimate of drug-likeness (QED) is 0.641. The summed E-state index contributed by atoms with van der Waals surface area (Å²) in [5, 5.41) is 0. The van der Waals surface area contributed by atoms with Crippen LogP contribution in [0, 0.1) is 5.92 Å². The molecule has 0 saturated heterocycles. The molecule has 0 radical (unpaired) electrons. The van der Waals surface area contributed by atoms with Crippen LogP contribution in [0.15, 0.2) is 0 Å². The molecule has 0 aliphatic heterocycles. The highest BCUT2D eigenvalue weighted by molar-refractivity contribution is 7.98. The lowest BCUT2D eigenvalue weighted by molar-refractivity contribution is -0.121. The fourth-order valence-corrected chi connectivity index (χ4v) is 1.03. The molecule has 1 amide bonds. The van der Waals surface area contributed by atoms with Crippen LogP contribution in [-0.2, 0) is 4.79 Å². The lowest BCUT2D eigenvalue weighted by Crippen LogP contribution is -2.20. The summed E-state index contributed by atoms with van der Waals surface area (Å²) in [6.07, 6.45) is 2.92. The number of thioether (sulfide) groups is 1. The van der Waals surface area contributed by atoms with Gasteiger partial charge in [0.1, 0.15) is 0 Å². The zero-order chi connectivity index (χ0) is 7.28. The lowest BCUT2D eigenvalue weighted by atomic mass is 10.1. The van der Waals surface area contributed by atoms with E-state index >= 15 is 0 Å². The van der Waals surface area contributed by atoms with Crippen molar-refractivity contribution >= 4 is 17.7 Å². The second-order valence-electron chi connectivity index (χ2n) is 2.08. The number of hydrogen-bond acceptors (Lipinski definition) is 2. The van der Waals surface area contributed by atoms with Crippen molar-refractivity contribution in [3.05, 3.63) is 0 Å². The minimum Gasteiger partial charge on any atom is -0.369 e. The molecule has 0 bridgehead atoms. The van der Waals surface area contributed by atoms with Gasteiger partial charge in [0.05, 0.1) is 0 Å². The second kappa shape index (κ2) is 4.68. The summed E-state index contributed by atoms with van der Waals surface area (Å²) in [4.78, 5) is 10.4. The summed E-state index contributed by atoms with van der Waals surface area (Å²) in [6.45, 7) is 1.86. The van der Waals surface area contributed by atoms with Gasteiger partial charge in [-0.15, -0.1) is 0 Å². The molecule has 3 heteroatoms. The zero-order valence-corrected chi connectivity index (χ0v) is 6.70. The first-order chi connectivity index (χ1) is 4.18. The van der Waals surface area contributed by atoms with Crippen LogP contribution < -0.4 is 5.73 Å². The molecule has 1 atom stereocenters. The Labute approximate surface area is 60.2 Å². The molecule has 0 aliphatic rings. The highest BCUT2D eigenvalue weighted by Crippen LogP contribution is 2.05. The zero-order valence-electron chi connectivity index (χ0n) is 5.89. The summed E-state index contributed by atoms with van der Waals surface area (Å²) < 4.78 is 0. The normalized spacial score (nSPS) is 13.1. The van der Waals surface area contributed by atoms with E-state index in [1.54, 1.807) is 11.8 Å². The Bertz CT molecular complexity index is 95.1. The summed E-state index contributed by atoms with van der Waals surface area (Å²) in [7, 11) is 0. The second-order valence-corrected chi connectivity index (χ2v) is 3.07. The number of primary amides is 1. The fourth-order valence-electron chi connectivity index (χ4n) is 0.437. The molecule has 0 spiro atoms. The van der Waals surface area contributed by atoms with Crippen LogP contribution in [0.4, 0.5) is 0 Å². The van der Waals surface area contributed by atoms with Crippen LogP contribution in [0.1, 0.15) is 13.3 Å². The van der Waals surface area contributed by atoms with Gasteiger partial charge in [0.2, 0.25) is 5.91 Å². The van der Waals surface area contributed by atoms with E-state index in [1.165, 1.54) is 0 Å². The van der Waals surface area contributed by atoms with Gasteiger partial charge in [-0.1, -0.05) is 6.92 Å². The first-order valence-corrected chi connectivity index (χ1v) is 4.36. The minimum absolute atomic E-state index is 0.0393. The van der Waals surface area contributed by atoms with Crippen molar-refractivity contribution in [1.29, 1.82) is 0 Å². The Balaban J connectivity index is 3.27. The average Bonchev–Trinajstić information content (AvgIpc) is 1.82. The van der Waals surface area contributed by atoms with E-state index in [1.807, 2.05) is 13.2 Å². The Morgan fingerprint density at radius 3 is 2.67 bits per heavy atom. The molecule has 0 saturated carbocycles. The average molecular weight is 147 g/mol. The van der Waals surface area contributed by atoms with E-state index < -0.39 is 0 Å². The number of rotatable bonds is 4. The van der Waals surface area contributed by atoms with Gasteiger partial charge in [-0.2, -0.15) is 11.8 Å². The van der Waals surface area contributed by atoms with Crippen molar-refractivity contribution in [2.24, 2.45) is 11.7 Å². The van der Waals surface area contributed by atoms with E-state index in [0.29, 0.717) is 0 Å². The third kappa shape index (κ3) is 4.33. The molecule has 0 aromatic heterocycles. The van der Waals surface area contributed by atoms with E-state index in [-0.39, 0.29) is 11.8 Å². The van der Waals surface area contributed by atoms with E-state index in [9.17, 15) is 4.79 Å². The van der Waals surface area contributed by atoms with Gasteiger partial charge in [0.25, 0.3) is 0 Å². The molecular formula is C6H13NOS. The first-order valence-electron chi connectivity index (χ1n) is 2.96. The smallest absolute Gasteiger partial charge is 0.220 e. The Morgan fingerprint density at radius 1 is 1.78 bits per heavy atom. The van der Waals surface area contributed by atoms with Crippen molar-refractivity contribution in [3.8, 4) is 0 Å². The van der Waals surface area contributed by atoms with Crippen LogP contribution in [-0.4, -0.2) is 17.9 Å². The molecule has 0 fully saturated rings. The summed E-state index contributed by atoms with van der Waals surface area (Å²) >= 11 is 1.74. The highest BCUT2D eigenvalue weighted by atomic mass is 32.2. The maximum absolute atomic E-state index is 10.4. The molecule has 0 heterocycles. The minimum atomic E-state index is -0.191. The summed E-state index contributed by atoms with van der Waals surface area (Å²) in [6, 6.07) is 0. The van der Waals surface area contributed by atoms with Crippen molar-refractivity contribution in [3.63, 3.8) is 0 Å². The maximum Gasteiger partial charge on any atom is 0.220 e. The van der Waals surface area contributed by atoms with Crippen molar-refractivity contribution in [2.45, 2.75) is 13.3 Å². The van der Waals surface area contributed by atoms with Crippen LogP contribution in [0.25, 0.3) is 0 Å². The number of carbonyl (C=O) groups is 1. The van der Waals surface area contributed by atoms with Crippen molar-refractivity contribution < 1.29 is 4.79 Å². The van der Waals surface area contributed by atoms with Gasteiger partial charge < -0.3 is 5.73 Å². The Kier molecular flexibility index (Phi) is 4.58. The molecule has 54 valence electrons. The van der Waals surface area contributed by atoms with Gasteiger partial charge in [-0.3, -0.25) is 4.79 Å². The Hall–Kier alpha value is -0.180. The first kappa shape index (κ1) is 8.82. The van der Waals surface area contributed by atoms with Gasteiger partial charge in [-0.05, 0) is 18.4 Å². The van der Waals surface area contributed by atoms with Crippen LogP contribution in [0.2, 0.25) is 0 Å². The maximum atomic E-state index is 10.4. The number of hydrogen-bond donors (Lipinski definition) is 1. The molecule has 2 nitrogen and oxygen atoms in total. The number of carbonyl (C=O) groups excluding carboxylic acids is 1. The molecule has 1 unspecified atom stereocenters. The third-order valence-electron chi connectivity index (χ3n) is 1.24. The summed E-state index contributed by atoms with van der Waals surface area (Å²) in [5.74, 6) is 0.867. The largest absolute Gasteiger partial charge is 0.369 e. The topological polar surface area (TPSA) is 43.1 Å². The van der Waals surface area contributed by atoms with Crippen molar-refractivity contribution in [2.75, 3.05) is 12.0 Å². The van der Waals surface area contributed by atoms with Crippen LogP contribution in [0.3, 0.4) is 0 Å². The van der Waals surface area contributed by atoms with Gasteiger partial charge in [0.15, 0.2) is 0 Å². The fraction of sp³-hybridized carbons (Fsp3) is 0.833. The molecule has 9 heavy (non-hydrogen) atoms. The molecule has 0 rings (SSSR count). The molecule has 2 N–H and O–H groups in total. The van der Waals surface area contributed by atoms with Crippen LogP contribution in [0.5, 0.6) is 0 Å². The number of nitrogens with two attached hydrogens (primary N) is 1. The molecule has 0 aliphatic carbocycles. The number of amides is 1. The highest BCUT2D eigenvalue weighted by Gasteiger charge is 2.06. The molecular weight excluding hydrogens is 134 g/mol. The monoisotopic (exact) mass is 147 g/mol. The van der Waals surface area contributed by atoms with E-state index in [2.05, 4.69) is 0 Å². The lowest BCUT2D eigenvalue weighted by Gasteiger charge is -2.03. The molecule has 0 aromatic rings. The van der Waals surface area contributed by atoms with E-state index in [0.717, 1.165) is 12.2 Å². The van der Waals surface area contributed by atoms with Gasteiger partial charge >= 0.3 is 0 Å². The van der Waals surface area contributed by atoms with Crippen LogP contribution >= 0.6 is 11.8 Å². The summed E-state index contributed by atoms with van der Waals surface area (Å²) in [5.41, 5.74) is 5.03. The van der Waals surface area contributed by atoms with Gasteiger partial charge in [0, 0.05) is 5.92 Å². The predicted molar refractivity (Wildman–Crippen MR) is 41.4 cm³/mol. The van der Waals surface area contributed by atoms with E-state index in [4.69, 9.17) is 5.73 Å². The molecule has 0 aromatic carbocycles. The SMILES string of the molecule is CSCCC(C)C(N)=O. The van der Waals surface area contributed by atoms with Gasteiger partial charge in [-0.25, -0.2) is 0 Å². The standard InChI is InChI=1S/C6H13NOS/c1-5(6(7)8)3-4-9-2/h5H,3-4H2,1-2H3,(H2,7,8). The Morgan fingerprint density at radius 2 is 2.33 bits per heavy atom. The third-order valence-corrected chi connectivity index (χ3v) is 1.88. The van der Waals surface area contributed by atoms with Crippen molar-refractivity contribution in [1.82, 2.24) is 0 Å².